The molecule has 0 amide bonds. The molecule has 1 heterocycles. The van der Waals surface area contributed by atoms with E-state index in [4.69, 9.17) is 15.7 Å². The van der Waals surface area contributed by atoms with Crippen molar-refractivity contribution in [2.45, 2.75) is 26.7 Å². The van der Waals surface area contributed by atoms with Gasteiger partial charge in [0.1, 0.15) is 18.2 Å². The molecule has 0 spiro atoms. The monoisotopic (exact) mass is 226 g/mol. The van der Waals surface area contributed by atoms with Crippen LogP contribution in [0.2, 0.25) is 0 Å². The first-order valence-electron chi connectivity index (χ1n) is 5.19. The molecule has 1 aromatic heterocycles. The molecule has 0 aliphatic rings. The van der Waals surface area contributed by atoms with Gasteiger partial charge in [-0.2, -0.15) is 4.98 Å². The molecule has 0 bridgehead atoms. The maximum absolute atomic E-state index is 8.71. The van der Waals surface area contributed by atoms with Gasteiger partial charge in [-0.05, 0) is 6.92 Å². The highest BCUT2D eigenvalue weighted by molar-refractivity contribution is 5.47. The molecule has 0 saturated heterocycles. The number of aromatic nitrogens is 2. The molecule has 6 heteroatoms. The Labute approximate surface area is 94.8 Å². The molecule has 0 aliphatic heterocycles. The van der Waals surface area contributed by atoms with Gasteiger partial charge in [0.05, 0.1) is 12.2 Å². The van der Waals surface area contributed by atoms with Crippen LogP contribution in [0.3, 0.4) is 0 Å². The number of nitrogen functional groups attached to an aromatic ring is 1. The Hall–Kier alpha value is -1.40. The highest BCUT2D eigenvalue weighted by Gasteiger charge is 2.13. The van der Waals surface area contributed by atoms with Crippen LogP contribution in [-0.2, 0) is 0 Å². The first-order chi connectivity index (χ1) is 7.60. The SMILES string of the molecule is Cc1c(NN)nc(C(C)C)nc1OCCO. The van der Waals surface area contributed by atoms with Gasteiger partial charge in [-0.15, -0.1) is 0 Å². The molecule has 1 rings (SSSR count). The number of aliphatic hydroxyl groups is 1. The van der Waals surface area contributed by atoms with E-state index in [0.29, 0.717) is 17.5 Å². The summed E-state index contributed by atoms with van der Waals surface area (Å²) >= 11 is 0. The lowest BCUT2D eigenvalue weighted by molar-refractivity contribution is 0.195. The fraction of sp³-hybridized carbons (Fsp3) is 0.600. The molecule has 6 nitrogen and oxygen atoms in total. The third-order valence-corrected chi connectivity index (χ3v) is 2.10. The van der Waals surface area contributed by atoms with E-state index >= 15 is 0 Å². The van der Waals surface area contributed by atoms with E-state index in [2.05, 4.69) is 15.4 Å². The Balaban J connectivity index is 3.08. The molecule has 4 N–H and O–H groups in total. The van der Waals surface area contributed by atoms with Gasteiger partial charge in [0.25, 0.3) is 0 Å². The normalized spacial score (nSPS) is 10.6. The number of hydrogen-bond donors (Lipinski definition) is 3. The van der Waals surface area contributed by atoms with E-state index in [0.717, 1.165) is 5.56 Å². The van der Waals surface area contributed by atoms with E-state index in [1.165, 1.54) is 0 Å². The van der Waals surface area contributed by atoms with Crippen LogP contribution in [0.15, 0.2) is 0 Å². The van der Waals surface area contributed by atoms with Crippen LogP contribution in [0.25, 0.3) is 0 Å². The molecule has 0 fully saturated rings. The Kier molecular flexibility index (Phi) is 4.45. The quantitative estimate of drug-likeness (QED) is 0.502. The lowest BCUT2D eigenvalue weighted by Crippen LogP contribution is -2.15. The van der Waals surface area contributed by atoms with Gasteiger partial charge in [0.2, 0.25) is 5.88 Å². The minimum atomic E-state index is -0.0498. The second-order valence-corrected chi connectivity index (χ2v) is 3.73. The average molecular weight is 226 g/mol. The van der Waals surface area contributed by atoms with Crippen LogP contribution < -0.4 is 16.0 Å². The molecular weight excluding hydrogens is 208 g/mol. The second-order valence-electron chi connectivity index (χ2n) is 3.73. The van der Waals surface area contributed by atoms with Gasteiger partial charge >= 0.3 is 0 Å². The summed E-state index contributed by atoms with van der Waals surface area (Å²) in [5.41, 5.74) is 3.25. The summed E-state index contributed by atoms with van der Waals surface area (Å²) < 4.78 is 5.32. The van der Waals surface area contributed by atoms with Crippen molar-refractivity contribution in [2.75, 3.05) is 18.6 Å². The first-order valence-corrected chi connectivity index (χ1v) is 5.19. The molecule has 0 saturated carbocycles. The van der Waals surface area contributed by atoms with Crippen molar-refractivity contribution >= 4 is 5.82 Å². The summed E-state index contributed by atoms with van der Waals surface area (Å²) in [4.78, 5) is 8.55. The van der Waals surface area contributed by atoms with Crippen LogP contribution in [0.1, 0.15) is 31.2 Å². The average Bonchev–Trinajstić information content (AvgIpc) is 2.27. The van der Waals surface area contributed by atoms with Crippen LogP contribution in [0.5, 0.6) is 5.88 Å². The zero-order valence-electron chi connectivity index (χ0n) is 9.82. The van der Waals surface area contributed by atoms with Gasteiger partial charge in [-0.25, -0.2) is 10.8 Å². The van der Waals surface area contributed by atoms with Crippen molar-refractivity contribution in [2.24, 2.45) is 5.84 Å². The Morgan fingerprint density at radius 3 is 2.62 bits per heavy atom. The van der Waals surface area contributed by atoms with Crippen molar-refractivity contribution < 1.29 is 9.84 Å². The third-order valence-electron chi connectivity index (χ3n) is 2.10. The molecule has 0 aromatic carbocycles. The molecule has 0 atom stereocenters. The van der Waals surface area contributed by atoms with Gasteiger partial charge in [0, 0.05) is 5.92 Å². The predicted molar refractivity (Wildman–Crippen MR) is 61.2 cm³/mol. The van der Waals surface area contributed by atoms with Crippen LogP contribution in [0, 0.1) is 6.92 Å². The highest BCUT2D eigenvalue weighted by Crippen LogP contribution is 2.23. The summed E-state index contributed by atoms with van der Waals surface area (Å²) in [5.74, 6) is 7.22. The summed E-state index contributed by atoms with van der Waals surface area (Å²) in [6.07, 6.45) is 0. The van der Waals surface area contributed by atoms with Crippen molar-refractivity contribution in [3.8, 4) is 5.88 Å². The third kappa shape index (κ3) is 2.80. The van der Waals surface area contributed by atoms with Gasteiger partial charge in [-0.3, -0.25) is 0 Å². The van der Waals surface area contributed by atoms with E-state index < -0.39 is 0 Å². The number of hydrogen-bond acceptors (Lipinski definition) is 6. The van der Waals surface area contributed by atoms with Gasteiger partial charge < -0.3 is 15.3 Å². The highest BCUT2D eigenvalue weighted by atomic mass is 16.5. The zero-order valence-corrected chi connectivity index (χ0v) is 9.82. The Bertz CT molecular complexity index is 355. The van der Waals surface area contributed by atoms with Crippen molar-refractivity contribution in [1.29, 1.82) is 0 Å². The second kappa shape index (κ2) is 5.62. The van der Waals surface area contributed by atoms with Crippen molar-refractivity contribution in [3.63, 3.8) is 0 Å². The Morgan fingerprint density at radius 2 is 2.12 bits per heavy atom. The lowest BCUT2D eigenvalue weighted by atomic mass is 10.2. The van der Waals surface area contributed by atoms with Crippen LogP contribution in [0.4, 0.5) is 5.82 Å². The van der Waals surface area contributed by atoms with Crippen molar-refractivity contribution in [3.05, 3.63) is 11.4 Å². The minimum Gasteiger partial charge on any atom is -0.475 e. The molecule has 90 valence electrons. The maximum Gasteiger partial charge on any atom is 0.221 e. The van der Waals surface area contributed by atoms with Gasteiger partial charge in [0.15, 0.2) is 0 Å². The molecular formula is C10H18N4O2. The number of rotatable bonds is 5. The predicted octanol–water partition coefficient (Wildman–Crippen LogP) is 0.565. The van der Waals surface area contributed by atoms with Gasteiger partial charge in [-0.1, -0.05) is 13.8 Å². The number of nitrogens with zero attached hydrogens (tertiary/aromatic N) is 2. The number of aliphatic hydroxyl groups excluding tert-OH is 1. The van der Waals surface area contributed by atoms with Crippen molar-refractivity contribution in [1.82, 2.24) is 9.97 Å². The zero-order chi connectivity index (χ0) is 12.1. The molecule has 0 unspecified atom stereocenters. The molecule has 16 heavy (non-hydrogen) atoms. The smallest absolute Gasteiger partial charge is 0.221 e. The first kappa shape index (κ1) is 12.7. The number of hydrazine groups is 1. The van der Waals surface area contributed by atoms with E-state index in [9.17, 15) is 0 Å². The summed E-state index contributed by atoms with van der Waals surface area (Å²) in [6, 6.07) is 0. The summed E-state index contributed by atoms with van der Waals surface area (Å²) in [5, 5.41) is 8.71. The number of nitrogens with two attached hydrogens (primary N) is 1. The standard InChI is InChI=1S/C10H18N4O2/c1-6(2)8-12-9(14-11)7(3)10(13-8)16-5-4-15/h6,15H,4-5,11H2,1-3H3,(H,12,13,14). The summed E-state index contributed by atoms with van der Waals surface area (Å²) in [7, 11) is 0. The minimum absolute atomic E-state index is 0.0498. The number of nitrogens with one attached hydrogen (secondary N) is 1. The molecule has 1 aromatic rings. The fourth-order valence-corrected chi connectivity index (χ4v) is 1.19. The van der Waals surface area contributed by atoms with E-state index in [1.807, 2.05) is 20.8 Å². The van der Waals surface area contributed by atoms with Crippen LogP contribution in [-0.4, -0.2) is 28.3 Å². The molecule has 0 aliphatic carbocycles. The maximum atomic E-state index is 8.71. The largest absolute Gasteiger partial charge is 0.475 e. The topological polar surface area (TPSA) is 93.3 Å². The number of anilines is 1. The number of ether oxygens (including phenoxy) is 1. The fourth-order valence-electron chi connectivity index (χ4n) is 1.19. The molecule has 0 radical (unpaired) electrons. The van der Waals surface area contributed by atoms with E-state index in [-0.39, 0.29) is 19.1 Å². The summed E-state index contributed by atoms with van der Waals surface area (Å²) in [6.45, 7) is 5.94. The Morgan fingerprint density at radius 1 is 1.44 bits per heavy atom. The van der Waals surface area contributed by atoms with E-state index in [1.54, 1.807) is 0 Å². The van der Waals surface area contributed by atoms with Crippen LogP contribution >= 0.6 is 0 Å². The lowest BCUT2D eigenvalue weighted by Gasteiger charge is -2.13.